The fourth-order valence-corrected chi connectivity index (χ4v) is 1.58. The molecule has 2 aromatic carbocycles. The van der Waals surface area contributed by atoms with Crippen LogP contribution in [0.2, 0.25) is 0 Å². The van der Waals surface area contributed by atoms with Gasteiger partial charge in [0.25, 0.3) is 5.91 Å². The Kier molecular flexibility index (Phi) is 2.96. The number of carbonyl (C=O) groups excluding carboxylic acids is 2. The summed E-state index contributed by atoms with van der Waals surface area (Å²) in [6, 6.07) is 13.9. The van der Waals surface area contributed by atoms with Gasteiger partial charge in [-0.1, -0.05) is 36.4 Å². The van der Waals surface area contributed by atoms with Crippen LogP contribution in [0.1, 0.15) is 5.56 Å². The zero-order valence-electron chi connectivity index (χ0n) is 8.64. The summed E-state index contributed by atoms with van der Waals surface area (Å²) in [5.74, 6) is -0.590. The first-order chi connectivity index (χ1) is 7.79. The molecule has 80 valence electrons. The zero-order valence-corrected chi connectivity index (χ0v) is 8.64. The normalized spacial score (nSPS) is 10.0. The molecule has 2 aromatic rings. The Morgan fingerprint density at radius 3 is 2.62 bits per heavy atom. The van der Waals surface area contributed by atoms with Crippen molar-refractivity contribution in [3.63, 3.8) is 0 Å². The van der Waals surface area contributed by atoms with Gasteiger partial charge in [0.05, 0.1) is 0 Å². The van der Waals surface area contributed by atoms with Gasteiger partial charge in [-0.05, 0) is 22.4 Å². The number of nitrogens with one attached hydrogen (secondary N) is 1. The first-order valence-electron chi connectivity index (χ1n) is 5.00. The van der Waals surface area contributed by atoms with Gasteiger partial charge in [0.1, 0.15) is 0 Å². The highest BCUT2D eigenvalue weighted by Crippen LogP contribution is 2.15. The van der Waals surface area contributed by atoms with E-state index in [4.69, 9.17) is 0 Å². The third-order valence-corrected chi connectivity index (χ3v) is 2.39. The molecule has 2 rings (SSSR count). The van der Waals surface area contributed by atoms with E-state index in [0.717, 1.165) is 16.3 Å². The van der Waals surface area contributed by atoms with Gasteiger partial charge in [-0.15, -0.1) is 0 Å². The summed E-state index contributed by atoms with van der Waals surface area (Å²) in [6.07, 6.45) is 0.279. The van der Waals surface area contributed by atoms with E-state index in [1.165, 1.54) is 0 Å². The lowest BCUT2D eigenvalue weighted by Gasteiger charge is -2.03. The predicted octanol–water partition coefficient (Wildman–Crippen LogP) is 1.65. The average molecular weight is 213 g/mol. The molecule has 0 aliphatic heterocycles. The molecule has 16 heavy (non-hydrogen) atoms. The van der Waals surface area contributed by atoms with Crippen LogP contribution in [0.15, 0.2) is 42.5 Å². The van der Waals surface area contributed by atoms with E-state index in [0.29, 0.717) is 6.54 Å². The molecule has 0 aliphatic carbocycles. The fourth-order valence-electron chi connectivity index (χ4n) is 1.58. The minimum absolute atomic E-state index is 0.279. The third kappa shape index (κ3) is 2.25. The highest BCUT2D eigenvalue weighted by Gasteiger charge is 1.99. The molecule has 0 aliphatic rings. The Morgan fingerprint density at radius 2 is 1.88 bits per heavy atom. The smallest absolute Gasteiger partial charge is 0.284 e. The summed E-state index contributed by atoms with van der Waals surface area (Å²) in [5.41, 5.74) is 0.980. The molecular weight excluding hydrogens is 202 g/mol. The zero-order chi connectivity index (χ0) is 11.4. The van der Waals surface area contributed by atoms with E-state index >= 15 is 0 Å². The van der Waals surface area contributed by atoms with Gasteiger partial charge in [0.15, 0.2) is 0 Å². The molecule has 0 unspecified atom stereocenters. The lowest BCUT2D eigenvalue weighted by atomic mass is 10.1. The van der Waals surface area contributed by atoms with E-state index in [-0.39, 0.29) is 6.29 Å². The lowest BCUT2D eigenvalue weighted by Crippen LogP contribution is -2.23. The number of carbonyl (C=O) groups is 2. The van der Waals surface area contributed by atoms with Crippen molar-refractivity contribution < 1.29 is 9.59 Å². The highest BCUT2D eigenvalue weighted by molar-refractivity contribution is 6.23. The number of aldehydes is 1. The summed E-state index contributed by atoms with van der Waals surface area (Å²) >= 11 is 0. The molecule has 1 amide bonds. The van der Waals surface area contributed by atoms with Gasteiger partial charge in [-0.25, -0.2) is 0 Å². The monoisotopic (exact) mass is 213 g/mol. The SMILES string of the molecule is O=CC(=O)NCc1ccc2ccccc2c1. The Bertz CT molecular complexity index is 534. The Morgan fingerprint density at radius 1 is 1.12 bits per heavy atom. The molecule has 0 radical (unpaired) electrons. The fraction of sp³-hybridized carbons (Fsp3) is 0.0769. The minimum Gasteiger partial charge on any atom is -0.346 e. The second kappa shape index (κ2) is 4.57. The number of hydrogen-bond acceptors (Lipinski definition) is 2. The maximum atomic E-state index is 10.8. The number of benzene rings is 2. The molecule has 0 aromatic heterocycles. The van der Waals surface area contributed by atoms with E-state index < -0.39 is 5.91 Å². The first-order valence-corrected chi connectivity index (χ1v) is 5.00. The maximum Gasteiger partial charge on any atom is 0.284 e. The second-order valence-corrected chi connectivity index (χ2v) is 3.52. The molecule has 0 spiro atoms. The van der Waals surface area contributed by atoms with Crippen LogP contribution in [-0.4, -0.2) is 12.2 Å². The van der Waals surface area contributed by atoms with Crippen LogP contribution in [0.4, 0.5) is 0 Å². The average Bonchev–Trinajstić information content (AvgIpc) is 2.35. The van der Waals surface area contributed by atoms with Gasteiger partial charge >= 0.3 is 0 Å². The Balaban J connectivity index is 2.19. The minimum atomic E-state index is -0.590. The number of fused-ring (bicyclic) bond motifs is 1. The second-order valence-electron chi connectivity index (χ2n) is 3.52. The molecule has 0 bridgehead atoms. The molecule has 3 heteroatoms. The van der Waals surface area contributed by atoms with Crippen LogP contribution in [0.25, 0.3) is 10.8 Å². The van der Waals surface area contributed by atoms with E-state index in [1.807, 2.05) is 42.5 Å². The number of rotatable bonds is 3. The molecule has 3 nitrogen and oxygen atoms in total. The molecule has 1 N–H and O–H groups in total. The Hall–Kier alpha value is -2.16. The van der Waals surface area contributed by atoms with Crippen LogP contribution in [0, 0.1) is 0 Å². The highest BCUT2D eigenvalue weighted by atomic mass is 16.2. The van der Waals surface area contributed by atoms with Crippen molar-refractivity contribution in [3.8, 4) is 0 Å². The standard InChI is InChI=1S/C13H11NO2/c15-9-13(16)14-8-10-5-6-11-3-1-2-4-12(11)7-10/h1-7,9H,8H2,(H,14,16). The van der Waals surface area contributed by atoms with Crippen molar-refractivity contribution >= 4 is 23.0 Å². The maximum absolute atomic E-state index is 10.8. The summed E-state index contributed by atoms with van der Waals surface area (Å²) < 4.78 is 0. The molecule has 0 saturated carbocycles. The summed E-state index contributed by atoms with van der Waals surface area (Å²) in [4.78, 5) is 20.9. The number of hydrogen-bond donors (Lipinski definition) is 1. The molecule has 0 fully saturated rings. The van der Waals surface area contributed by atoms with Gasteiger partial charge in [0, 0.05) is 6.54 Å². The summed E-state index contributed by atoms with van der Waals surface area (Å²) in [6.45, 7) is 0.377. The van der Waals surface area contributed by atoms with E-state index in [9.17, 15) is 9.59 Å². The van der Waals surface area contributed by atoms with Gasteiger partial charge in [-0.3, -0.25) is 9.59 Å². The van der Waals surface area contributed by atoms with Gasteiger partial charge < -0.3 is 5.32 Å². The van der Waals surface area contributed by atoms with E-state index in [2.05, 4.69) is 5.32 Å². The molecule has 0 heterocycles. The van der Waals surface area contributed by atoms with Gasteiger partial charge in [0.2, 0.25) is 6.29 Å². The van der Waals surface area contributed by atoms with Crippen molar-refractivity contribution in [2.24, 2.45) is 0 Å². The number of amides is 1. The largest absolute Gasteiger partial charge is 0.346 e. The molecular formula is C13H11NO2. The lowest BCUT2D eigenvalue weighted by molar-refractivity contribution is -0.131. The summed E-state index contributed by atoms with van der Waals surface area (Å²) in [5, 5.41) is 4.79. The first kappa shape index (κ1) is 10.4. The van der Waals surface area contributed by atoms with Crippen LogP contribution < -0.4 is 5.32 Å². The van der Waals surface area contributed by atoms with Crippen molar-refractivity contribution in [3.05, 3.63) is 48.0 Å². The van der Waals surface area contributed by atoms with Crippen molar-refractivity contribution in [2.75, 3.05) is 0 Å². The van der Waals surface area contributed by atoms with Crippen LogP contribution in [0.3, 0.4) is 0 Å². The summed E-state index contributed by atoms with van der Waals surface area (Å²) in [7, 11) is 0. The van der Waals surface area contributed by atoms with Crippen molar-refractivity contribution in [2.45, 2.75) is 6.54 Å². The molecule has 0 saturated heterocycles. The van der Waals surface area contributed by atoms with Crippen LogP contribution in [-0.2, 0) is 16.1 Å². The third-order valence-electron chi connectivity index (χ3n) is 2.39. The quantitative estimate of drug-likeness (QED) is 0.622. The van der Waals surface area contributed by atoms with Crippen molar-refractivity contribution in [1.82, 2.24) is 5.32 Å². The predicted molar refractivity (Wildman–Crippen MR) is 61.9 cm³/mol. The van der Waals surface area contributed by atoms with Gasteiger partial charge in [-0.2, -0.15) is 0 Å². The van der Waals surface area contributed by atoms with Crippen molar-refractivity contribution in [1.29, 1.82) is 0 Å². The van der Waals surface area contributed by atoms with Crippen LogP contribution in [0.5, 0.6) is 0 Å². The van der Waals surface area contributed by atoms with E-state index in [1.54, 1.807) is 0 Å². The molecule has 0 atom stereocenters. The topological polar surface area (TPSA) is 46.2 Å². The van der Waals surface area contributed by atoms with Crippen LogP contribution >= 0.6 is 0 Å². The Labute approximate surface area is 93.1 Å².